The molecule has 4 N–H and O–H groups in total. The van der Waals surface area contributed by atoms with Crippen LogP contribution in [-0.4, -0.2) is 197 Å². The van der Waals surface area contributed by atoms with Crippen LogP contribution in [0.4, 0.5) is 0 Å². The Balaban J connectivity index is 0.715. The second-order valence-electron chi connectivity index (χ2n) is 26.1. The van der Waals surface area contributed by atoms with Crippen molar-refractivity contribution in [2.45, 2.75) is 295 Å². The van der Waals surface area contributed by atoms with Crippen molar-refractivity contribution in [1.82, 2.24) is 0 Å². The first-order chi connectivity index (χ1) is 36.9. The standard InChI is InChI=1S/C58H84O19/c1-25-13-32-7-9-37-26(2)14-34(65-37)11-12-57-23-45-53(76-57)54-55(71-45)56(77-57)52-38(69-54)10-8-33(67-52)17-47(63)73-51-30(6)50-42(68-43(51)20-39(66-32)29(25)5)18-35(61)40(70-50)15-31(60)16-41-48(64)27(3)21-58(74-41)22-28(4)49-44(75-58)19-36(62)46(24-59)72-49/h25,27-28,30,32-46,48-56,59,61-62,64H,2,5,7-24H2,1,3-4,6H3. The number of ketones is 1. The molecule has 0 aromatic rings. The zero-order chi connectivity index (χ0) is 53.4. The van der Waals surface area contributed by atoms with Crippen LogP contribution in [-0.2, 0) is 71.2 Å². The molecule has 14 heterocycles. The molecule has 77 heavy (non-hydrogen) atoms. The Morgan fingerprint density at radius 3 is 2.06 bits per heavy atom. The third-order valence-electron chi connectivity index (χ3n) is 20.6. The molecule has 19 nitrogen and oxygen atoms in total. The van der Waals surface area contributed by atoms with Crippen LogP contribution >= 0.6 is 0 Å². The van der Waals surface area contributed by atoms with Gasteiger partial charge in [0.2, 0.25) is 0 Å². The van der Waals surface area contributed by atoms with Crippen LogP contribution in [0.5, 0.6) is 0 Å². The van der Waals surface area contributed by atoms with Gasteiger partial charge in [0.05, 0.1) is 117 Å². The third-order valence-corrected chi connectivity index (χ3v) is 20.6. The van der Waals surface area contributed by atoms with E-state index in [9.17, 15) is 30.0 Å². The molecular weight excluding hydrogens is 1000 g/mol. The quantitative estimate of drug-likeness (QED) is 0.225. The highest BCUT2D eigenvalue weighted by atomic mass is 16.8. The summed E-state index contributed by atoms with van der Waals surface area (Å²) in [6.07, 6.45) is -4.24. The Morgan fingerprint density at radius 1 is 0.545 bits per heavy atom. The number of hydrogen-bond acceptors (Lipinski definition) is 19. The minimum absolute atomic E-state index is 0.00553. The molecule has 2 spiro atoms. The van der Waals surface area contributed by atoms with Crippen molar-refractivity contribution in [3.8, 4) is 0 Å². The maximum atomic E-state index is 14.5. The minimum Gasteiger partial charge on any atom is -0.459 e. The smallest absolute Gasteiger partial charge is 0.308 e. The summed E-state index contributed by atoms with van der Waals surface area (Å²) >= 11 is 0. The Bertz CT molecular complexity index is 2230. The van der Waals surface area contributed by atoms with E-state index in [0.29, 0.717) is 44.9 Å². The maximum absolute atomic E-state index is 14.5. The molecule has 0 aromatic carbocycles. The van der Waals surface area contributed by atoms with Crippen molar-refractivity contribution in [3.05, 3.63) is 24.3 Å². The van der Waals surface area contributed by atoms with E-state index in [0.717, 1.165) is 43.3 Å². The lowest BCUT2D eigenvalue weighted by Gasteiger charge is -2.55. The van der Waals surface area contributed by atoms with Crippen molar-refractivity contribution < 1.29 is 91.6 Å². The number of aliphatic hydroxyl groups is 4. The highest BCUT2D eigenvalue weighted by Crippen LogP contribution is 2.55. The molecule has 0 saturated carbocycles. The SMILES string of the molecule is C=C1CC2CCC34CC5OC6C(OC7CCC(CC(=O)OC8C(CC9OC(CCC1O2)CC(C)C9=C)OC1CC(O)C(CC(=O)CC2OC9(CC(C)C2O)CC(C)C2OC(CO)C(O)CC2O9)OC1C8C)OC7C6O3)C5O4. The maximum Gasteiger partial charge on any atom is 0.308 e. The summed E-state index contributed by atoms with van der Waals surface area (Å²) in [5.74, 6) is -3.24. The average molecular weight is 1090 g/mol. The van der Waals surface area contributed by atoms with E-state index in [2.05, 4.69) is 20.1 Å². The zero-order valence-electron chi connectivity index (χ0n) is 45.2. The van der Waals surface area contributed by atoms with Crippen LogP contribution in [0.15, 0.2) is 24.3 Å². The molecule has 14 rings (SSSR count). The van der Waals surface area contributed by atoms with Gasteiger partial charge in [-0.05, 0) is 73.8 Å². The largest absolute Gasteiger partial charge is 0.459 e. The second kappa shape index (κ2) is 21.0. The van der Waals surface area contributed by atoms with Crippen LogP contribution in [0.25, 0.3) is 0 Å². The summed E-state index contributed by atoms with van der Waals surface area (Å²) in [5.41, 5.74) is 2.05. The first-order valence-corrected chi connectivity index (χ1v) is 29.6. The van der Waals surface area contributed by atoms with E-state index in [1.54, 1.807) is 0 Å². The van der Waals surface area contributed by atoms with Crippen LogP contribution in [0.3, 0.4) is 0 Å². The molecule has 30 atom stereocenters. The normalized spacial score (nSPS) is 55.4. The fourth-order valence-corrected chi connectivity index (χ4v) is 16.6. The van der Waals surface area contributed by atoms with Crippen LogP contribution in [0, 0.1) is 23.7 Å². The molecule has 14 fully saturated rings. The summed E-state index contributed by atoms with van der Waals surface area (Å²) < 4.78 is 87.3. The third kappa shape index (κ3) is 10.1. The highest BCUT2D eigenvalue weighted by Gasteiger charge is 2.69. The highest BCUT2D eigenvalue weighted by molar-refractivity contribution is 5.79. The predicted octanol–water partition coefficient (Wildman–Crippen LogP) is 3.97. The lowest BCUT2D eigenvalue weighted by Crippen LogP contribution is -2.63. The number of ether oxygens (including phenoxy) is 13. The first-order valence-electron chi connectivity index (χ1n) is 29.6. The first kappa shape index (κ1) is 54.2. The van der Waals surface area contributed by atoms with Crippen molar-refractivity contribution in [2.24, 2.45) is 23.7 Å². The monoisotopic (exact) mass is 1080 g/mol. The minimum atomic E-state index is -1.11. The molecule has 0 radical (unpaired) electrons. The van der Waals surface area contributed by atoms with Crippen LogP contribution in [0.2, 0.25) is 0 Å². The van der Waals surface area contributed by atoms with E-state index in [1.165, 1.54) is 0 Å². The molecule has 14 saturated heterocycles. The molecule has 14 aliphatic rings. The number of fused-ring (bicyclic) bond motifs is 8. The summed E-state index contributed by atoms with van der Waals surface area (Å²) in [7, 11) is 0. The van der Waals surface area contributed by atoms with Crippen LogP contribution < -0.4 is 0 Å². The fourth-order valence-electron chi connectivity index (χ4n) is 16.6. The van der Waals surface area contributed by atoms with Gasteiger partial charge >= 0.3 is 5.97 Å². The van der Waals surface area contributed by atoms with Crippen molar-refractivity contribution in [1.29, 1.82) is 0 Å². The number of carbonyl (C=O) groups is 2. The number of aliphatic hydroxyl groups excluding tert-OH is 4. The van der Waals surface area contributed by atoms with E-state index >= 15 is 0 Å². The van der Waals surface area contributed by atoms with Crippen molar-refractivity contribution in [3.63, 3.8) is 0 Å². The zero-order valence-corrected chi connectivity index (χ0v) is 45.2. The van der Waals surface area contributed by atoms with Gasteiger partial charge in [-0.2, -0.15) is 0 Å². The lowest BCUT2D eigenvalue weighted by molar-refractivity contribution is -0.375. The van der Waals surface area contributed by atoms with Crippen molar-refractivity contribution in [2.75, 3.05) is 6.61 Å². The second-order valence-corrected chi connectivity index (χ2v) is 26.1. The summed E-state index contributed by atoms with van der Waals surface area (Å²) in [5, 5.41) is 43.7. The van der Waals surface area contributed by atoms with Crippen molar-refractivity contribution >= 4 is 11.8 Å². The van der Waals surface area contributed by atoms with E-state index < -0.39 is 109 Å². The molecular formula is C58H84O19. The average Bonchev–Trinajstić information content (AvgIpc) is 4.15. The van der Waals surface area contributed by atoms with Gasteiger partial charge in [-0.3, -0.25) is 9.59 Å². The Kier molecular flexibility index (Phi) is 14.8. The van der Waals surface area contributed by atoms with Gasteiger partial charge in [-0.1, -0.05) is 40.9 Å². The number of esters is 1. The Hall–Kier alpha value is -2.02. The fraction of sp³-hybridized carbons (Fsp3) is 0.897. The summed E-state index contributed by atoms with van der Waals surface area (Å²) in [6.45, 7) is 16.8. The molecule has 0 aromatic heterocycles. The molecule has 19 heteroatoms. The van der Waals surface area contributed by atoms with Gasteiger partial charge in [0.15, 0.2) is 11.6 Å². The van der Waals surface area contributed by atoms with Gasteiger partial charge in [-0.25, -0.2) is 0 Å². The molecule has 12 bridgehead atoms. The van der Waals surface area contributed by atoms with Gasteiger partial charge in [0, 0.05) is 63.7 Å². The topological polar surface area (TPSA) is 235 Å². The van der Waals surface area contributed by atoms with Gasteiger partial charge < -0.3 is 82.0 Å². The van der Waals surface area contributed by atoms with E-state index in [4.69, 9.17) is 61.6 Å². The Labute approximate surface area is 451 Å². The van der Waals surface area contributed by atoms with Crippen LogP contribution in [0.1, 0.15) is 137 Å². The molecule has 0 amide bonds. The molecule has 14 aliphatic heterocycles. The lowest BCUT2D eigenvalue weighted by atomic mass is 9.77. The predicted molar refractivity (Wildman–Crippen MR) is 268 cm³/mol. The Morgan fingerprint density at radius 2 is 1.23 bits per heavy atom. The molecule has 30 unspecified atom stereocenters. The van der Waals surface area contributed by atoms with Gasteiger partial charge in [0.1, 0.15) is 48.5 Å². The van der Waals surface area contributed by atoms with Gasteiger partial charge in [-0.15, -0.1) is 0 Å². The number of carbonyl (C=O) groups excluding carboxylic acids is 2. The number of hydrogen-bond donors (Lipinski definition) is 4. The number of Topliss-reactive ketones (excluding diaryl/α,β-unsaturated/α-hetero) is 1. The molecule has 0 aliphatic carbocycles. The molecule has 430 valence electrons. The summed E-state index contributed by atoms with van der Waals surface area (Å²) in [6, 6.07) is 0. The van der Waals surface area contributed by atoms with Gasteiger partial charge in [0.25, 0.3) is 0 Å². The summed E-state index contributed by atoms with van der Waals surface area (Å²) in [4.78, 5) is 28.6. The van der Waals surface area contributed by atoms with E-state index in [1.807, 2.05) is 20.8 Å². The number of rotatable bonds is 5. The van der Waals surface area contributed by atoms with E-state index in [-0.39, 0.29) is 123 Å².